The average Bonchev–Trinajstić information content (AvgIpc) is 2.62. The lowest BCUT2D eigenvalue weighted by molar-refractivity contribution is -0.137. The summed E-state index contributed by atoms with van der Waals surface area (Å²) >= 11 is 1.41. The Morgan fingerprint density at radius 3 is 2.57 bits per heavy atom. The molecule has 0 bridgehead atoms. The van der Waals surface area contributed by atoms with Crippen LogP contribution >= 0.6 is 11.8 Å². The minimum absolute atomic E-state index is 0.0867. The molecule has 1 aromatic heterocycles. The van der Waals surface area contributed by atoms with Crippen LogP contribution in [0.3, 0.4) is 0 Å². The maximum atomic E-state index is 13.0. The molecular weight excluding hydrogens is 385 g/mol. The largest absolute Gasteiger partial charge is 0.418 e. The summed E-state index contributed by atoms with van der Waals surface area (Å²) in [6.45, 7) is 4.00. The van der Waals surface area contributed by atoms with Crippen molar-refractivity contribution in [2.75, 3.05) is 11.1 Å². The van der Waals surface area contributed by atoms with Crippen LogP contribution < -0.4 is 5.32 Å². The first kappa shape index (κ1) is 20.2. The highest BCUT2D eigenvalue weighted by molar-refractivity contribution is 7.99. The van der Waals surface area contributed by atoms with Gasteiger partial charge in [-0.2, -0.15) is 13.2 Å². The summed E-state index contributed by atoms with van der Waals surface area (Å²) < 4.78 is 39.0. The van der Waals surface area contributed by atoms with Gasteiger partial charge in [0.25, 0.3) is 0 Å². The van der Waals surface area contributed by atoms with Gasteiger partial charge in [-0.15, -0.1) is 11.8 Å². The van der Waals surface area contributed by atoms with Gasteiger partial charge in [0, 0.05) is 17.6 Å². The molecule has 2 aromatic carbocycles. The van der Waals surface area contributed by atoms with Crippen LogP contribution in [0.2, 0.25) is 0 Å². The first-order chi connectivity index (χ1) is 13.3. The number of carbonyl (C=O) groups excluding carboxylic acids is 1. The van der Waals surface area contributed by atoms with E-state index in [0.29, 0.717) is 5.75 Å². The van der Waals surface area contributed by atoms with Crippen molar-refractivity contribution >= 4 is 34.3 Å². The molecule has 0 aliphatic carbocycles. The van der Waals surface area contributed by atoms with Gasteiger partial charge in [0.15, 0.2) is 0 Å². The molecule has 3 rings (SSSR count). The molecule has 0 radical (unpaired) electrons. The van der Waals surface area contributed by atoms with Crippen molar-refractivity contribution < 1.29 is 18.0 Å². The van der Waals surface area contributed by atoms with Gasteiger partial charge in [0.05, 0.1) is 21.8 Å². The summed E-state index contributed by atoms with van der Waals surface area (Å²) in [5.41, 5.74) is 2.02. The summed E-state index contributed by atoms with van der Waals surface area (Å²) in [5.74, 6) is -0.0398. The molecule has 0 saturated carbocycles. The topological polar surface area (TPSA) is 42.0 Å². The number of aryl methyl sites for hydroxylation is 2. The lowest BCUT2D eigenvalue weighted by Crippen LogP contribution is -2.16. The molecule has 0 fully saturated rings. The Hall–Kier alpha value is -2.54. The van der Waals surface area contributed by atoms with Crippen molar-refractivity contribution in [3.8, 4) is 0 Å². The average molecular weight is 404 g/mol. The molecule has 146 valence electrons. The molecule has 1 N–H and O–H groups in total. The van der Waals surface area contributed by atoms with Crippen molar-refractivity contribution in [1.82, 2.24) is 4.98 Å². The lowest BCUT2D eigenvalue weighted by Gasteiger charge is -2.13. The molecule has 1 heterocycles. The SMILES string of the molecule is Cc1cc(SCCC(=O)Nc2ccccc2C(F)(F)F)nc2c(C)cccc12. The third-order valence-corrected chi connectivity index (χ3v) is 5.22. The smallest absolute Gasteiger partial charge is 0.325 e. The van der Waals surface area contributed by atoms with Crippen molar-refractivity contribution in [2.45, 2.75) is 31.5 Å². The van der Waals surface area contributed by atoms with Crippen molar-refractivity contribution in [3.63, 3.8) is 0 Å². The number of benzene rings is 2. The number of halogens is 3. The lowest BCUT2D eigenvalue weighted by atomic mass is 10.1. The summed E-state index contributed by atoms with van der Waals surface area (Å²) in [6.07, 6.45) is -4.42. The van der Waals surface area contributed by atoms with Crippen molar-refractivity contribution in [1.29, 1.82) is 0 Å². The molecule has 0 spiro atoms. The van der Waals surface area contributed by atoms with Gasteiger partial charge in [-0.3, -0.25) is 4.79 Å². The summed E-state index contributed by atoms with van der Waals surface area (Å²) in [6, 6.07) is 12.9. The van der Waals surface area contributed by atoms with Crippen LogP contribution in [0.5, 0.6) is 0 Å². The molecule has 1 amide bonds. The number of nitrogens with zero attached hydrogens (tertiary/aromatic N) is 1. The van der Waals surface area contributed by atoms with E-state index >= 15 is 0 Å². The highest BCUT2D eigenvalue weighted by Gasteiger charge is 2.33. The number of fused-ring (bicyclic) bond motifs is 1. The minimum Gasteiger partial charge on any atom is -0.325 e. The van der Waals surface area contributed by atoms with E-state index in [2.05, 4.69) is 10.3 Å². The number of amides is 1. The molecule has 0 saturated heterocycles. The number of pyridine rings is 1. The molecule has 3 aromatic rings. The van der Waals surface area contributed by atoms with E-state index in [9.17, 15) is 18.0 Å². The third kappa shape index (κ3) is 4.65. The zero-order valence-corrected chi connectivity index (χ0v) is 16.2. The minimum atomic E-state index is -4.51. The second-order valence-corrected chi connectivity index (χ2v) is 7.55. The van der Waals surface area contributed by atoms with Crippen molar-refractivity contribution in [3.05, 3.63) is 65.2 Å². The van der Waals surface area contributed by atoms with E-state index < -0.39 is 17.6 Å². The molecule has 7 heteroatoms. The number of rotatable bonds is 5. The van der Waals surface area contributed by atoms with Crippen LogP contribution in [0.25, 0.3) is 10.9 Å². The number of aromatic nitrogens is 1. The summed E-state index contributed by atoms with van der Waals surface area (Å²) in [7, 11) is 0. The number of anilines is 1. The number of alkyl halides is 3. The maximum absolute atomic E-state index is 13.0. The van der Waals surface area contributed by atoms with Gasteiger partial charge in [0.1, 0.15) is 0 Å². The Labute approximate surface area is 165 Å². The molecule has 3 nitrogen and oxygen atoms in total. The molecular formula is C21H19F3N2OS. The van der Waals surface area contributed by atoms with E-state index in [-0.39, 0.29) is 12.1 Å². The van der Waals surface area contributed by atoms with Crippen LogP contribution in [-0.2, 0) is 11.0 Å². The first-order valence-corrected chi connectivity index (χ1v) is 9.70. The van der Waals surface area contributed by atoms with Crippen LogP contribution in [0.4, 0.5) is 18.9 Å². The number of hydrogen-bond donors (Lipinski definition) is 1. The number of para-hydroxylation sites is 2. The second-order valence-electron chi connectivity index (χ2n) is 6.44. The van der Waals surface area contributed by atoms with Gasteiger partial charge in [-0.05, 0) is 43.2 Å². The van der Waals surface area contributed by atoms with Gasteiger partial charge < -0.3 is 5.32 Å². The van der Waals surface area contributed by atoms with Crippen LogP contribution in [-0.4, -0.2) is 16.6 Å². The summed E-state index contributed by atoms with van der Waals surface area (Å²) in [4.78, 5) is 16.7. The number of hydrogen-bond acceptors (Lipinski definition) is 3. The van der Waals surface area contributed by atoms with Gasteiger partial charge in [0.2, 0.25) is 5.91 Å². The fourth-order valence-electron chi connectivity index (χ4n) is 2.91. The molecule has 0 aliphatic heterocycles. The Kier molecular flexibility index (Phi) is 5.93. The first-order valence-electron chi connectivity index (χ1n) is 8.71. The number of nitrogens with one attached hydrogen (secondary N) is 1. The van der Waals surface area contributed by atoms with Crippen molar-refractivity contribution in [2.24, 2.45) is 0 Å². The normalized spacial score (nSPS) is 11.6. The van der Waals surface area contributed by atoms with Gasteiger partial charge in [-0.25, -0.2) is 4.98 Å². The molecule has 28 heavy (non-hydrogen) atoms. The van der Waals surface area contributed by atoms with E-state index in [1.807, 2.05) is 38.1 Å². The monoisotopic (exact) mass is 404 g/mol. The zero-order chi connectivity index (χ0) is 20.3. The molecule has 0 atom stereocenters. The fraction of sp³-hybridized carbons (Fsp3) is 0.238. The van der Waals surface area contributed by atoms with Gasteiger partial charge >= 0.3 is 6.18 Å². The fourth-order valence-corrected chi connectivity index (χ4v) is 3.82. The Bertz CT molecular complexity index is 1020. The quantitative estimate of drug-likeness (QED) is 0.531. The zero-order valence-electron chi connectivity index (χ0n) is 15.4. The Morgan fingerprint density at radius 2 is 1.82 bits per heavy atom. The third-order valence-electron chi connectivity index (χ3n) is 4.31. The van der Waals surface area contributed by atoms with Gasteiger partial charge in [-0.1, -0.05) is 30.3 Å². The second kappa shape index (κ2) is 8.22. The highest BCUT2D eigenvalue weighted by Crippen LogP contribution is 2.34. The Morgan fingerprint density at radius 1 is 1.07 bits per heavy atom. The summed E-state index contributed by atoms with van der Waals surface area (Å²) in [5, 5.41) is 4.24. The van der Waals surface area contributed by atoms with E-state index in [1.165, 1.54) is 30.0 Å². The van der Waals surface area contributed by atoms with E-state index in [4.69, 9.17) is 0 Å². The van der Waals surface area contributed by atoms with Crippen LogP contribution in [0.15, 0.2) is 53.6 Å². The van der Waals surface area contributed by atoms with Crippen LogP contribution in [0, 0.1) is 13.8 Å². The van der Waals surface area contributed by atoms with E-state index in [0.717, 1.165) is 33.1 Å². The highest BCUT2D eigenvalue weighted by atomic mass is 32.2. The molecule has 0 aliphatic rings. The predicted octanol–water partition coefficient (Wildman–Crippen LogP) is 5.99. The number of carbonyl (C=O) groups is 1. The maximum Gasteiger partial charge on any atom is 0.418 e. The Balaban J connectivity index is 1.64. The van der Waals surface area contributed by atoms with Crippen LogP contribution in [0.1, 0.15) is 23.1 Å². The van der Waals surface area contributed by atoms with E-state index in [1.54, 1.807) is 0 Å². The predicted molar refractivity (Wildman–Crippen MR) is 107 cm³/mol. The molecule has 0 unspecified atom stereocenters. The standard InChI is InChI=1S/C21H19F3N2OS/c1-13-6-5-7-15-14(2)12-19(26-20(13)15)28-11-10-18(27)25-17-9-4-3-8-16(17)21(22,23)24/h3-9,12H,10-11H2,1-2H3,(H,25,27). The number of thioether (sulfide) groups is 1.